The summed E-state index contributed by atoms with van der Waals surface area (Å²) in [5.74, 6) is 1.65. The lowest BCUT2D eigenvalue weighted by molar-refractivity contribution is 0.537. The minimum Gasteiger partial charge on any atom is -0.384 e. The number of thioether (sulfide) groups is 1. The lowest BCUT2D eigenvalue weighted by Gasteiger charge is -2.20. The summed E-state index contributed by atoms with van der Waals surface area (Å²) in [6.07, 6.45) is 3.13. The lowest BCUT2D eigenvalue weighted by atomic mass is 10.2. The van der Waals surface area contributed by atoms with Gasteiger partial charge in [0.2, 0.25) is 0 Å². The molecule has 0 fully saturated rings. The van der Waals surface area contributed by atoms with Crippen molar-refractivity contribution in [3.8, 4) is 6.07 Å². The van der Waals surface area contributed by atoms with Crippen LogP contribution in [-0.4, -0.2) is 16.6 Å². The van der Waals surface area contributed by atoms with Gasteiger partial charge >= 0.3 is 0 Å². The molecule has 2 N–H and O–H groups in total. The molecule has 0 saturated heterocycles. The van der Waals surface area contributed by atoms with Crippen molar-refractivity contribution in [2.75, 3.05) is 17.7 Å². The minimum atomic E-state index is 0.385. The first kappa shape index (κ1) is 13.0. The fraction of sp³-hybridized carbons (Fsp3) is 0.583. The zero-order valence-electron chi connectivity index (χ0n) is 10.4. The molecule has 0 radical (unpaired) electrons. The molecule has 1 aromatic heterocycles. The first-order chi connectivity index (χ1) is 7.58. The molecule has 0 aromatic carbocycles. The highest BCUT2D eigenvalue weighted by Crippen LogP contribution is 2.30. The quantitative estimate of drug-likeness (QED) is 0.876. The van der Waals surface area contributed by atoms with Gasteiger partial charge < -0.3 is 10.3 Å². The maximum absolute atomic E-state index is 9.07. The van der Waals surface area contributed by atoms with E-state index in [1.807, 2.05) is 25.6 Å². The molecule has 0 spiro atoms. The molecule has 1 unspecified atom stereocenters. The largest absolute Gasteiger partial charge is 0.384 e. The topological polar surface area (TPSA) is 54.7 Å². The number of nitrogens with zero attached hydrogens (tertiary/aromatic N) is 2. The first-order valence-corrected chi connectivity index (χ1v) is 6.83. The van der Waals surface area contributed by atoms with Gasteiger partial charge in [0.1, 0.15) is 11.9 Å². The summed E-state index contributed by atoms with van der Waals surface area (Å²) in [6.45, 7) is 6.16. The summed E-state index contributed by atoms with van der Waals surface area (Å²) < 4.78 is 2.12. The molecule has 16 heavy (non-hydrogen) atoms. The lowest BCUT2D eigenvalue weighted by Crippen LogP contribution is -2.14. The Balaban J connectivity index is 3.28. The van der Waals surface area contributed by atoms with Gasteiger partial charge in [-0.2, -0.15) is 17.0 Å². The second-order valence-electron chi connectivity index (χ2n) is 3.97. The van der Waals surface area contributed by atoms with Gasteiger partial charge in [-0.3, -0.25) is 0 Å². The van der Waals surface area contributed by atoms with E-state index in [0.717, 1.165) is 23.4 Å². The van der Waals surface area contributed by atoms with Crippen LogP contribution in [0.15, 0.2) is 0 Å². The molecule has 0 saturated carbocycles. The number of nitrogens with two attached hydrogens (primary N) is 1. The average molecular weight is 237 g/mol. The third-order valence-electron chi connectivity index (χ3n) is 3.10. The molecule has 88 valence electrons. The Kier molecular flexibility index (Phi) is 4.31. The molecular formula is C12H19N3S. The Bertz CT molecular complexity index is 415. The average Bonchev–Trinajstić information content (AvgIpc) is 2.48. The zero-order valence-corrected chi connectivity index (χ0v) is 11.2. The predicted molar refractivity (Wildman–Crippen MR) is 70.7 cm³/mol. The number of aromatic nitrogens is 1. The fourth-order valence-electron chi connectivity index (χ4n) is 2.03. The van der Waals surface area contributed by atoms with Crippen LogP contribution in [-0.2, 0) is 0 Å². The molecule has 1 heterocycles. The molecule has 3 nitrogen and oxygen atoms in total. The van der Waals surface area contributed by atoms with Crippen molar-refractivity contribution in [2.45, 2.75) is 33.2 Å². The maximum Gasteiger partial charge on any atom is 0.122 e. The predicted octanol–water partition coefficient (Wildman–Crippen LogP) is 2.87. The minimum absolute atomic E-state index is 0.385. The Morgan fingerprint density at radius 2 is 2.12 bits per heavy atom. The Hall–Kier alpha value is -1.08. The van der Waals surface area contributed by atoms with Gasteiger partial charge in [0, 0.05) is 17.5 Å². The second-order valence-corrected chi connectivity index (χ2v) is 4.88. The summed E-state index contributed by atoms with van der Waals surface area (Å²) in [6, 6.07) is 2.58. The number of anilines is 1. The van der Waals surface area contributed by atoms with Crippen molar-refractivity contribution < 1.29 is 0 Å². The van der Waals surface area contributed by atoms with E-state index in [9.17, 15) is 0 Å². The van der Waals surface area contributed by atoms with Crippen LogP contribution in [0.4, 0.5) is 5.82 Å². The molecule has 1 atom stereocenters. The summed E-state index contributed by atoms with van der Waals surface area (Å²) in [4.78, 5) is 0. The molecule has 0 aliphatic heterocycles. The van der Waals surface area contributed by atoms with Crippen molar-refractivity contribution in [1.29, 1.82) is 5.26 Å². The number of hydrogen-bond acceptors (Lipinski definition) is 3. The van der Waals surface area contributed by atoms with Crippen LogP contribution >= 0.6 is 11.8 Å². The van der Waals surface area contributed by atoms with Crippen LogP contribution in [0.2, 0.25) is 0 Å². The van der Waals surface area contributed by atoms with Crippen LogP contribution in [0.25, 0.3) is 0 Å². The van der Waals surface area contributed by atoms with Crippen LogP contribution in [0.3, 0.4) is 0 Å². The number of hydrogen-bond donors (Lipinski definition) is 1. The fourth-order valence-corrected chi connectivity index (χ4v) is 2.80. The number of nitriles is 1. The molecule has 0 aliphatic rings. The van der Waals surface area contributed by atoms with Gasteiger partial charge in [0.15, 0.2) is 0 Å². The van der Waals surface area contributed by atoms with E-state index < -0.39 is 0 Å². The monoisotopic (exact) mass is 237 g/mol. The highest BCUT2D eigenvalue weighted by Gasteiger charge is 2.20. The van der Waals surface area contributed by atoms with Gasteiger partial charge in [-0.1, -0.05) is 6.92 Å². The molecular weight excluding hydrogens is 218 g/mol. The van der Waals surface area contributed by atoms with Crippen LogP contribution < -0.4 is 5.73 Å². The number of rotatable bonds is 4. The highest BCUT2D eigenvalue weighted by molar-refractivity contribution is 7.98. The second kappa shape index (κ2) is 5.31. The van der Waals surface area contributed by atoms with E-state index >= 15 is 0 Å². The van der Waals surface area contributed by atoms with E-state index in [-0.39, 0.29) is 0 Å². The van der Waals surface area contributed by atoms with Gasteiger partial charge in [-0.15, -0.1) is 0 Å². The normalized spacial score (nSPS) is 12.4. The van der Waals surface area contributed by atoms with E-state index in [0.29, 0.717) is 17.4 Å². The van der Waals surface area contributed by atoms with Gasteiger partial charge in [0.05, 0.1) is 5.56 Å². The molecule has 1 aromatic rings. The molecule has 0 bridgehead atoms. The Morgan fingerprint density at radius 3 is 2.50 bits per heavy atom. The summed E-state index contributed by atoms with van der Waals surface area (Å²) in [5, 5.41) is 9.07. The SMILES string of the molecule is CCC(CSC)n1c(C)c(C)c(C#N)c1N. The van der Waals surface area contributed by atoms with Crippen molar-refractivity contribution in [1.82, 2.24) is 4.57 Å². The number of nitrogen functional groups attached to an aromatic ring is 1. The molecule has 1 rings (SSSR count). The Labute approximate surface area is 102 Å². The van der Waals surface area contributed by atoms with Crippen molar-refractivity contribution in [2.24, 2.45) is 0 Å². The van der Waals surface area contributed by atoms with Gasteiger partial charge in [-0.05, 0) is 32.1 Å². The molecule has 4 heteroatoms. The Morgan fingerprint density at radius 1 is 1.50 bits per heavy atom. The summed E-state index contributed by atoms with van der Waals surface area (Å²) in [5.41, 5.74) is 8.82. The standard InChI is InChI=1S/C12H19N3S/c1-5-10(7-16-4)15-9(3)8(2)11(6-13)12(15)14/h10H,5,7,14H2,1-4H3. The van der Waals surface area contributed by atoms with Crippen molar-refractivity contribution >= 4 is 17.6 Å². The molecule has 0 aliphatic carbocycles. The van der Waals surface area contributed by atoms with Gasteiger partial charge in [0.25, 0.3) is 0 Å². The van der Waals surface area contributed by atoms with Crippen molar-refractivity contribution in [3.05, 3.63) is 16.8 Å². The van der Waals surface area contributed by atoms with Crippen molar-refractivity contribution in [3.63, 3.8) is 0 Å². The third-order valence-corrected chi connectivity index (χ3v) is 3.82. The zero-order chi connectivity index (χ0) is 12.3. The van der Waals surface area contributed by atoms with E-state index in [4.69, 9.17) is 11.0 Å². The van der Waals surface area contributed by atoms with Gasteiger partial charge in [-0.25, -0.2) is 0 Å². The van der Waals surface area contributed by atoms with E-state index in [2.05, 4.69) is 23.8 Å². The van der Waals surface area contributed by atoms with E-state index in [1.165, 1.54) is 0 Å². The molecule has 0 amide bonds. The van der Waals surface area contributed by atoms with Crippen LogP contribution in [0.1, 0.15) is 36.2 Å². The highest BCUT2D eigenvalue weighted by atomic mass is 32.2. The summed E-state index contributed by atoms with van der Waals surface area (Å²) in [7, 11) is 0. The van der Waals surface area contributed by atoms with E-state index in [1.54, 1.807) is 0 Å². The smallest absolute Gasteiger partial charge is 0.122 e. The van der Waals surface area contributed by atoms with Crippen LogP contribution in [0, 0.1) is 25.2 Å². The third kappa shape index (κ3) is 2.05. The van der Waals surface area contributed by atoms with Crippen LogP contribution in [0.5, 0.6) is 0 Å². The first-order valence-electron chi connectivity index (χ1n) is 5.44. The summed E-state index contributed by atoms with van der Waals surface area (Å²) >= 11 is 1.81. The maximum atomic E-state index is 9.07.